The topological polar surface area (TPSA) is 100 Å². The first-order valence-electron chi connectivity index (χ1n) is 11.5. The molecule has 0 aliphatic rings. The van der Waals surface area contributed by atoms with Crippen molar-refractivity contribution in [2.75, 3.05) is 6.54 Å². The van der Waals surface area contributed by atoms with E-state index in [0.717, 1.165) is 47.7 Å². The number of H-pyrrole nitrogens is 1. The van der Waals surface area contributed by atoms with Crippen molar-refractivity contribution in [3.05, 3.63) is 71.4 Å². The SMILES string of the molecule is CCc1ccccc1CNC(=O)C(Cc1c[nH]c2ccccc12)NC(=O)CCCCCN. The Bertz CT molecular complexity index is 1030. The molecule has 0 saturated carbocycles. The van der Waals surface area contributed by atoms with E-state index in [4.69, 9.17) is 5.73 Å². The van der Waals surface area contributed by atoms with Gasteiger partial charge in [0.1, 0.15) is 6.04 Å². The summed E-state index contributed by atoms with van der Waals surface area (Å²) in [6.07, 6.45) is 6.25. The molecule has 1 unspecified atom stereocenters. The molecule has 1 aromatic heterocycles. The van der Waals surface area contributed by atoms with Gasteiger partial charge in [0.2, 0.25) is 11.8 Å². The Balaban J connectivity index is 1.70. The monoisotopic (exact) mass is 434 g/mol. The number of fused-ring (bicyclic) bond motifs is 1. The van der Waals surface area contributed by atoms with E-state index in [1.165, 1.54) is 5.56 Å². The normalized spacial score (nSPS) is 11.9. The Kier molecular flexibility index (Phi) is 8.87. The maximum atomic E-state index is 13.1. The summed E-state index contributed by atoms with van der Waals surface area (Å²) in [5.41, 5.74) is 9.88. The van der Waals surface area contributed by atoms with Crippen LogP contribution in [0, 0.1) is 0 Å². The molecule has 6 nitrogen and oxygen atoms in total. The molecule has 0 aliphatic heterocycles. The molecule has 3 rings (SSSR count). The number of aromatic nitrogens is 1. The van der Waals surface area contributed by atoms with Crippen molar-refractivity contribution in [3.63, 3.8) is 0 Å². The summed E-state index contributed by atoms with van der Waals surface area (Å²) in [7, 11) is 0. The molecular weight excluding hydrogens is 400 g/mol. The number of benzene rings is 2. The maximum absolute atomic E-state index is 13.1. The Hall–Kier alpha value is -3.12. The first-order chi connectivity index (χ1) is 15.6. The number of hydrogen-bond donors (Lipinski definition) is 4. The highest BCUT2D eigenvalue weighted by Crippen LogP contribution is 2.19. The van der Waals surface area contributed by atoms with Gasteiger partial charge in [0.25, 0.3) is 0 Å². The molecule has 0 saturated heterocycles. The van der Waals surface area contributed by atoms with Gasteiger partial charge in [-0.15, -0.1) is 0 Å². The van der Waals surface area contributed by atoms with Crippen LogP contribution in [-0.2, 0) is 29.0 Å². The second-order valence-corrected chi connectivity index (χ2v) is 8.12. The summed E-state index contributed by atoms with van der Waals surface area (Å²) in [6, 6.07) is 15.5. The number of nitrogens with two attached hydrogens (primary N) is 1. The van der Waals surface area contributed by atoms with Gasteiger partial charge < -0.3 is 21.4 Å². The molecule has 1 atom stereocenters. The number of rotatable bonds is 12. The van der Waals surface area contributed by atoms with Crippen molar-refractivity contribution in [1.82, 2.24) is 15.6 Å². The van der Waals surface area contributed by atoms with Gasteiger partial charge in [-0.3, -0.25) is 9.59 Å². The predicted molar refractivity (Wildman–Crippen MR) is 129 cm³/mol. The number of carbonyl (C=O) groups excluding carboxylic acids is 2. The fraction of sp³-hybridized carbons (Fsp3) is 0.385. The van der Waals surface area contributed by atoms with Gasteiger partial charge in [-0.2, -0.15) is 0 Å². The molecule has 1 heterocycles. The summed E-state index contributed by atoms with van der Waals surface area (Å²) in [4.78, 5) is 28.9. The zero-order valence-corrected chi connectivity index (χ0v) is 18.8. The molecule has 0 spiro atoms. The second-order valence-electron chi connectivity index (χ2n) is 8.12. The summed E-state index contributed by atoms with van der Waals surface area (Å²) in [6.45, 7) is 3.18. The highest BCUT2D eigenvalue weighted by molar-refractivity contribution is 5.89. The van der Waals surface area contributed by atoms with Gasteiger partial charge in [-0.1, -0.05) is 55.8 Å². The number of nitrogens with one attached hydrogen (secondary N) is 3. The summed E-state index contributed by atoms with van der Waals surface area (Å²) in [5, 5.41) is 7.07. The molecule has 6 heteroatoms. The van der Waals surface area contributed by atoms with Crippen molar-refractivity contribution in [2.24, 2.45) is 5.73 Å². The highest BCUT2D eigenvalue weighted by atomic mass is 16.2. The third-order valence-corrected chi connectivity index (χ3v) is 5.81. The van der Waals surface area contributed by atoms with Gasteiger partial charge in [-0.05, 0) is 48.6 Å². The van der Waals surface area contributed by atoms with E-state index in [-0.39, 0.29) is 11.8 Å². The minimum Gasteiger partial charge on any atom is -0.361 e. The number of unbranched alkanes of at least 4 members (excludes halogenated alkanes) is 2. The van der Waals surface area contributed by atoms with Crippen LogP contribution in [0.1, 0.15) is 49.3 Å². The van der Waals surface area contributed by atoms with Gasteiger partial charge in [-0.25, -0.2) is 0 Å². The van der Waals surface area contributed by atoms with Crippen molar-refractivity contribution < 1.29 is 9.59 Å². The lowest BCUT2D eigenvalue weighted by molar-refractivity contribution is -0.129. The minimum absolute atomic E-state index is 0.101. The van der Waals surface area contributed by atoms with Crippen LogP contribution in [-0.4, -0.2) is 29.4 Å². The van der Waals surface area contributed by atoms with Crippen LogP contribution in [0.2, 0.25) is 0 Å². The van der Waals surface area contributed by atoms with Crippen molar-refractivity contribution in [2.45, 2.75) is 58.0 Å². The van der Waals surface area contributed by atoms with E-state index in [1.807, 2.05) is 48.7 Å². The van der Waals surface area contributed by atoms with Crippen LogP contribution in [0.5, 0.6) is 0 Å². The van der Waals surface area contributed by atoms with Crippen molar-refractivity contribution in [3.8, 4) is 0 Å². The molecule has 5 N–H and O–H groups in total. The molecular formula is C26H34N4O2. The van der Waals surface area contributed by atoms with E-state index >= 15 is 0 Å². The standard InChI is InChI=1S/C26H34N4O2/c1-2-19-10-5-6-11-20(19)17-29-26(32)24(30-25(31)14-4-3-9-15-27)16-21-18-28-23-13-8-7-12-22(21)23/h5-8,10-13,18,24,28H,2-4,9,14-17,27H2,1H3,(H,29,32)(H,30,31). The smallest absolute Gasteiger partial charge is 0.243 e. The van der Waals surface area contributed by atoms with Gasteiger partial charge in [0, 0.05) is 36.5 Å². The van der Waals surface area contributed by atoms with Gasteiger partial charge in [0.15, 0.2) is 0 Å². The van der Waals surface area contributed by atoms with Crippen LogP contribution < -0.4 is 16.4 Å². The fourth-order valence-corrected chi connectivity index (χ4v) is 3.98. The van der Waals surface area contributed by atoms with Crippen LogP contribution in [0.4, 0.5) is 0 Å². The first-order valence-corrected chi connectivity index (χ1v) is 11.5. The molecule has 0 aliphatic carbocycles. The number of hydrogen-bond acceptors (Lipinski definition) is 3. The molecule has 32 heavy (non-hydrogen) atoms. The van der Waals surface area contributed by atoms with E-state index in [9.17, 15) is 9.59 Å². The third-order valence-electron chi connectivity index (χ3n) is 5.81. The zero-order valence-electron chi connectivity index (χ0n) is 18.8. The summed E-state index contributed by atoms with van der Waals surface area (Å²) >= 11 is 0. The van der Waals surface area contributed by atoms with E-state index in [2.05, 4.69) is 28.6 Å². The number of para-hydroxylation sites is 1. The van der Waals surface area contributed by atoms with Gasteiger partial charge >= 0.3 is 0 Å². The van der Waals surface area contributed by atoms with E-state index in [0.29, 0.717) is 25.9 Å². The Morgan fingerprint density at radius 1 is 0.969 bits per heavy atom. The summed E-state index contributed by atoms with van der Waals surface area (Å²) in [5.74, 6) is -0.271. The molecule has 0 bridgehead atoms. The van der Waals surface area contributed by atoms with Crippen LogP contribution in [0.25, 0.3) is 10.9 Å². The van der Waals surface area contributed by atoms with Crippen LogP contribution >= 0.6 is 0 Å². The van der Waals surface area contributed by atoms with E-state index < -0.39 is 6.04 Å². The van der Waals surface area contributed by atoms with Gasteiger partial charge in [0.05, 0.1) is 0 Å². The number of amides is 2. The van der Waals surface area contributed by atoms with Crippen molar-refractivity contribution >= 4 is 22.7 Å². The van der Waals surface area contributed by atoms with Crippen molar-refractivity contribution in [1.29, 1.82) is 0 Å². The lowest BCUT2D eigenvalue weighted by Gasteiger charge is -2.19. The number of carbonyl (C=O) groups is 2. The quantitative estimate of drug-likeness (QED) is 0.328. The lowest BCUT2D eigenvalue weighted by Crippen LogP contribution is -2.47. The lowest BCUT2D eigenvalue weighted by atomic mass is 10.0. The predicted octanol–water partition coefficient (Wildman–Crippen LogP) is 3.59. The maximum Gasteiger partial charge on any atom is 0.243 e. The molecule has 2 amide bonds. The Morgan fingerprint density at radius 3 is 2.50 bits per heavy atom. The first kappa shape index (κ1) is 23.5. The summed E-state index contributed by atoms with van der Waals surface area (Å²) < 4.78 is 0. The molecule has 0 fully saturated rings. The molecule has 2 aromatic carbocycles. The third kappa shape index (κ3) is 6.44. The zero-order chi connectivity index (χ0) is 22.8. The number of aromatic amines is 1. The molecule has 3 aromatic rings. The largest absolute Gasteiger partial charge is 0.361 e. The highest BCUT2D eigenvalue weighted by Gasteiger charge is 2.22. The Labute approximate surface area is 190 Å². The van der Waals surface area contributed by atoms with Crippen LogP contribution in [0.15, 0.2) is 54.7 Å². The van der Waals surface area contributed by atoms with E-state index in [1.54, 1.807) is 0 Å². The Morgan fingerprint density at radius 2 is 1.72 bits per heavy atom. The molecule has 170 valence electrons. The van der Waals surface area contributed by atoms with Crippen LogP contribution in [0.3, 0.4) is 0 Å². The molecule has 0 radical (unpaired) electrons. The second kappa shape index (κ2) is 12.1. The number of aryl methyl sites for hydroxylation is 1. The average molecular weight is 435 g/mol. The minimum atomic E-state index is -0.634. The average Bonchev–Trinajstić information content (AvgIpc) is 3.23. The fourth-order valence-electron chi connectivity index (χ4n) is 3.98.